The lowest BCUT2D eigenvalue weighted by molar-refractivity contribution is -0.128. The predicted octanol–water partition coefficient (Wildman–Crippen LogP) is 3.64. The van der Waals surface area contributed by atoms with E-state index in [4.69, 9.17) is 11.6 Å². The SMILES string of the molecule is Cc1ccc(Cl)cc1NC(=O)C1CC(=O)N(Cc2ccccc2)C1. The molecule has 24 heavy (non-hydrogen) atoms. The minimum absolute atomic E-state index is 0.0156. The van der Waals surface area contributed by atoms with E-state index in [1.807, 2.05) is 43.3 Å². The first-order valence-electron chi connectivity index (χ1n) is 7.91. The monoisotopic (exact) mass is 342 g/mol. The van der Waals surface area contributed by atoms with Gasteiger partial charge in [-0.05, 0) is 30.2 Å². The van der Waals surface area contributed by atoms with Gasteiger partial charge in [0.05, 0.1) is 5.92 Å². The van der Waals surface area contributed by atoms with Gasteiger partial charge in [-0.2, -0.15) is 0 Å². The van der Waals surface area contributed by atoms with Crippen molar-refractivity contribution in [2.24, 2.45) is 5.92 Å². The summed E-state index contributed by atoms with van der Waals surface area (Å²) in [5.74, 6) is -0.453. The topological polar surface area (TPSA) is 49.4 Å². The molecule has 1 fully saturated rings. The van der Waals surface area contributed by atoms with Crippen LogP contribution in [-0.4, -0.2) is 23.3 Å². The highest BCUT2D eigenvalue weighted by Crippen LogP contribution is 2.24. The second-order valence-electron chi connectivity index (χ2n) is 6.11. The summed E-state index contributed by atoms with van der Waals surface area (Å²) in [6.07, 6.45) is 0.248. The molecule has 1 aliphatic heterocycles. The van der Waals surface area contributed by atoms with Crippen LogP contribution in [0.2, 0.25) is 5.02 Å². The van der Waals surface area contributed by atoms with Crippen molar-refractivity contribution >= 4 is 29.1 Å². The van der Waals surface area contributed by atoms with Gasteiger partial charge in [0, 0.05) is 30.2 Å². The molecule has 1 unspecified atom stereocenters. The van der Waals surface area contributed by atoms with Crippen molar-refractivity contribution in [1.82, 2.24) is 4.90 Å². The Hall–Kier alpha value is -2.33. The van der Waals surface area contributed by atoms with Crippen molar-refractivity contribution in [3.63, 3.8) is 0 Å². The van der Waals surface area contributed by atoms with Crippen molar-refractivity contribution in [3.8, 4) is 0 Å². The first kappa shape index (κ1) is 16.5. The lowest BCUT2D eigenvalue weighted by atomic mass is 10.1. The number of nitrogens with one attached hydrogen (secondary N) is 1. The molecule has 4 nitrogen and oxygen atoms in total. The van der Waals surface area contributed by atoms with Gasteiger partial charge in [-0.3, -0.25) is 9.59 Å². The summed E-state index contributed by atoms with van der Waals surface area (Å²) in [6, 6.07) is 15.2. The van der Waals surface area contributed by atoms with E-state index < -0.39 is 0 Å². The molecule has 0 aromatic heterocycles. The zero-order chi connectivity index (χ0) is 17.1. The van der Waals surface area contributed by atoms with Crippen molar-refractivity contribution in [2.75, 3.05) is 11.9 Å². The number of amides is 2. The Morgan fingerprint density at radius 1 is 1.25 bits per heavy atom. The average molecular weight is 343 g/mol. The maximum Gasteiger partial charge on any atom is 0.229 e. The fourth-order valence-electron chi connectivity index (χ4n) is 2.87. The summed E-state index contributed by atoms with van der Waals surface area (Å²) < 4.78 is 0. The highest BCUT2D eigenvalue weighted by molar-refractivity contribution is 6.31. The maximum absolute atomic E-state index is 12.5. The lowest BCUT2D eigenvalue weighted by Gasteiger charge is -2.17. The van der Waals surface area contributed by atoms with Crippen LogP contribution in [0.15, 0.2) is 48.5 Å². The molecular formula is C19H19ClN2O2. The number of hydrogen-bond acceptors (Lipinski definition) is 2. The molecule has 1 heterocycles. The van der Waals surface area contributed by atoms with Crippen LogP contribution in [0.5, 0.6) is 0 Å². The predicted molar refractivity (Wildman–Crippen MR) is 94.8 cm³/mol. The van der Waals surface area contributed by atoms with Crippen LogP contribution >= 0.6 is 11.6 Å². The number of aryl methyl sites for hydroxylation is 1. The number of carbonyl (C=O) groups excluding carboxylic acids is 2. The second kappa shape index (κ2) is 7.05. The average Bonchev–Trinajstić information content (AvgIpc) is 2.93. The number of likely N-dealkylation sites (tertiary alicyclic amines) is 1. The highest BCUT2D eigenvalue weighted by atomic mass is 35.5. The molecule has 2 aromatic carbocycles. The van der Waals surface area contributed by atoms with Gasteiger partial charge < -0.3 is 10.2 Å². The summed E-state index contributed by atoms with van der Waals surface area (Å²) >= 11 is 5.98. The van der Waals surface area contributed by atoms with Gasteiger partial charge in [0.2, 0.25) is 11.8 Å². The van der Waals surface area contributed by atoms with E-state index in [0.717, 1.165) is 11.1 Å². The molecule has 0 bridgehead atoms. The Kier molecular flexibility index (Phi) is 4.86. The normalized spacial score (nSPS) is 17.2. The first-order valence-corrected chi connectivity index (χ1v) is 8.29. The quantitative estimate of drug-likeness (QED) is 0.922. The molecule has 1 N–H and O–H groups in total. The van der Waals surface area contributed by atoms with Gasteiger partial charge in [0.1, 0.15) is 0 Å². The number of nitrogens with zero attached hydrogens (tertiary/aromatic N) is 1. The van der Waals surface area contributed by atoms with Gasteiger partial charge in [0.15, 0.2) is 0 Å². The molecule has 5 heteroatoms. The zero-order valence-corrected chi connectivity index (χ0v) is 14.2. The van der Waals surface area contributed by atoms with Gasteiger partial charge in [-0.15, -0.1) is 0 Å². The van der Waals surface area contributed by atoms with Crippen LogP contribution in [0, 0.1) is 12.8 Å². The molecule has 1 saturated heterocycles. The Bertz CT molecular complexity index is 761. The van der Waals surface area contributed by atoms with E-state index in [1.165, 1.54) is 0 Å². The summed E-state index contributed by atoms with van der Waals surface area (Å²) in [5, 5.41) is 3.47. The first-order chi connectivity index (χ1) is 11.5. The summed E-state index contributed by atoms with van der Waals surface area (Å²) in [5.41, 5.74) is 2.71. The molecule has 0 radical (unpaired) electrons. The molecular weight excluding hydrogens is 324 g/mol. The minimum atomic E-state index is -0.334. The number of anilines is 1. The van der Waals surface area contributed by atoms with Crippen LogP contribution < -0.4 is 5.32 Å². The van der Waals surface area contributed by atoms with Crippen molar-refractivity contribution in [1.29, 1.82) is 0 Å². The number of halogens is 1. The zero-order valence-electron chi connectivity index (χ0n) is 13.5. The fraction of sp³-hybridized carbons (Fsp3) is 0.263. The summed E-state index contributed by atoms with van der Waals surface area (Å²) in [7, 11) is 0. The Balaban J connectivity index is 1.64. The fourth-order valence-corrected chi connectivity index (χ4v) is 3.04. The van der Waals surface area contributed by atoms with E-state index >= 15 is 0 Å². The third-order valence-electron chi connectivity index (χ3n) is 4.26. The van der Waals surface area contributed by atoms with Crippen LogP contribution in [-0.2, 0) is 16.1 Å². The van der Waals surface area contributed by atoms with E-state index in [-0.39, 0.29) is 24.2 Å². The number of hydrogen-bond donors (Lipinski definition) is 1. The Morgan fingerprint density at radius 2 is 2.00 bits per heavy atom. The largest absolute Gasteiger partial charge is 0.338 e. The lowest BCUT2D eigenvalue weighted by Crippen LogP contribution is -2.28. The van der Waals surface area contributed by atoms with Gasteiger partial charge in [-0.1, -0.05) is 48.0 Å². The molecule has 0 spiro atoms. The van der Waals surface area contributed by atoms with E-state index in [0.29, 0.717) is 23.8 Å². The molecule has 1 aliphatic rings. The molecule has 2 aromatic rings. The highest BCUT2D eigenvalue weighted by Gasteiger charge is 2.34. The van der Waals surface area contributed by atoms with Crippen molar-refractivity contribution in [2.45, 2.75) is 19.9 Å². The molecule has 3 rings (SSSR count). The van der Waals surface area contributed by atoms with Crippen molar-refractivity contribution < 1.29 is 9.59 Å². The smallest absolute Gasteiger partial charge is 0.229 e. The van der Waals surface area contributed by atoms with Gasteiger partial charge in [0.25, 0.3) is 0 Å². The van der Waals surface area contributed by atoms with Crippen LogP contribution in [0.4, 0.5) is 5.69 Å². The third-order valence-corrected chi connectivity index (χ3v) is 4.49. The molecule has 1 atom stereocenters. The molecule has 2 amide bonds. The second-order valence-corrected chi connectivity index (χ2v) is 6.55. The van der Waals surface area contributed by atoms with E-state index in [2.05, 4.69) is 5.32 Å². The molecule has 0 saturated carbocycles. The van der Waals surface area contributed by atoms with E-state index in [9.17, 15) is 9.59 Å². The summed E-state index contributed by atoms with van der Waals surface area (Å²) in [6.45, 7) is 2.90. The van der Waals surface area contributed by atoms with Gasteiger partial charge >= 0.3 is 0 Å². The minimum Gasteiger partial charge on any atom is -0.338 e. The Morgan fingerprint density at radius 3 is 2.75 bits per heavy atom. The van der Waals surface area contributed by atoms with Crippen LogP contribution in [0.3, 0.4) is 0 Å². The third kappa shape index (κ3) is 3.77. The number of carbonyl (C=O) groups is 2. The van der Waals surface area contributed by atoms with Crippen LogP contribution in [0.25, 0.3) is 0 Å². The number of rotatable bonds is 4. The van der Waals surface area contributed by atoms with E-state index in [1.54, 1.807) is 17.0 Å². The Labute approximate surface area is 146 Å². The standard InChI is InChI=1S/C19H19ClN2O2/c1-13-7-8-16(20)10-17(13)21-19(24)15-9-18(23)22(12-15)11-14-5-3-2-4-6-14/h2-8,10,15H,9,11-12H2,1H3,(H,21,24). The summed E-state index contributed by atoms with van der Waals surface area (Å²) in [4.78, 5) is 26.4. The van der Waals surface area contributed by atoms with Crippen LogP contribution in [0.1, 0.15) is 17.5 Å². The molecule has 124 valence electrons. The molecule has 0 aliphatic carbocycles. The number of benzene rings is 2. The van der Waals surface area contributed by atoms with Crippen molar-refractivity contribution in [3.05, 3.63) is 64.7 Å². The maximum atomic E-state index is 12.5. The van der Waals surface area contributed by atoms with Gasteiger partial charge in [-0.25, -0.2) is 0 Å².